The summed E-state index contributed by atoms with van der Waals surface area (Å²) in [5, 5.41) is 10.7. The van der Waals surface area contributed by atoms with Gasteiger partial charge in [0.15, 0.2) is 0 Å². The number of likely N-dealkylation sites (N-methyl/N-ethyl adjacent to an activating group) is 1. The van der Waals surface area contributed by atoms with Gasteiger partial charge in [-0.15, -0.1) is 0 Å². The Labute approximate surface area is 119 Å². The van der Waals surface area contributed by atoms with Crippen LogP contribution in [0.3, 0.4) is 0 Å². The second-order valence-corrected chi connectivity index (χ2v) is 6.35. The van der Waals surface area contributed by atoms with Crippen molar-refractivity contribution in [2.24, 2.45) is 5.41 Å². The van der Waals surface area contributed by atoms with E-state index in [1.54, 1.807) is 7.11 Å². The number of methoxy groups -OCH3 is 1. The summed E-state index contributed by atoms with van der Waals surface area (Å²) in [6, 6.07) is 0.474. The first-order valence-electron chi connectivity index (χ1n) is 6.79. The Balaban J connectivity index is 1.87. The maximum Gasteiger partial charge on any atom is 0.215 e. The Hall–Kier alpha value is -0.390. The van der Waals surface area contributed by atoms with Crippen molar-refractivity contribution >= 4 is 11.6 Å². The molecule has 3 unspecified atom stereocenters. The van der Waals surface area contributed by atoms with Crippen LogP contribution in [0.2, 0.25) is 0 Å². The number of hydrogen-bond donors (Lipinski definition) is 1. The predicted octanol–water partition coefficient (Wildman–Crippen LogP) is 1.37. The van der Waals surface area contributed by atoms with E-state index in [-0.39, 0.29) is 5.41 Å². The van der Waals surface area contributed by atoms with Gasteiger partial charge < -0.3 is 9.84 Å². The van der Waals surface area contributed by atoms with Crippen LogP contribution in [0.15, 0.2) is 22.8 Å². The van der Waals surface area contributed by atoms with Gasteiger partial charge in [0.05, 0.1) is 0 Å². The topological polar surface area (TPSA) is 35.9 Å². The van der Waals surface area contributed by atoms with Crippen LogP contribution in [0.1, 0.15) is 12.8 Å². The number of ether oxygens (including phenoxy) is 1. The van der Waals surface area contributed by atoms with Crippen LogP contribution < -0.4 is 0 Å². The molecule has 3 atom stereocenters. The fourth-order valence-electron chi connectivity index (χ4n) is 3.86. The Bertz CT molecular complexity index is 437. The number of rotatable bonds is 2. The fraction of sp³-hybridized carbons (Fsp3) is 0.714. The molecule has 0 saturated carbocycles. The SMILES string of the molecule is COC(O)N1CCC2(CN(C)C3CC=C(Cl)C=C32)C1. The van der Waals surface area contributed by atoms with Gasteiger partial charge >= 0.3 is 0 Å². The second kappa shape index (κ2) is 4.86. The molecule has 0 aromatic rings. The molecule has 0 amide bonds. The molecule has 2 saturated heterocycles. The largest absolute Gasteiger partial charge is 0.356 e. The summed E-state index contributed by atoms with van der Waals surface area (Å²) in [4.78, 5) is 4.41. The highest BCUT2D eigenvalue weighted by atomic mass is 35.5. The van der Waals surface area contributed by atoms with Crippen LogP contribution >= 0.6 is 11.6 Å². The van der Waals surface area contributed by atoms with E-state index in [1.807, 2.05) is 4.90 Å². The number of aliphatic hydroxyl groups is 1. The Morgan fingerprint density at radius 3 is 3.05 bits per heavy atom. The zero-order valence-electron chi connectivity index (χ0n) is 11.5. The molecule has 2 heterocycles. The van der Waals surface area contributed by atoms with Gasteiger partial charge in [-0.2, -0.15) is 0 Å². The van der Waals surface area contributed by atoms with Crippen molar-refractivity contribution in [2.75, 3.05) is 33.8 Å². The van der Waals surface area contributed by atoms with Gasteiger partial charge in [0.25, 0.3) is 0 Å². The molecule has 2 fully saturated rings. The maximum absolute atomic E-state index is 9.85. The molecule has 4 nitrogen and oxygen atoms in total. The molecule has 0 radical (unpaired) electrons. The van der Waals surface area contributed by atoms with Gasteiger partial charge in [0.1, 0.15) is 0 Å². The number of fused-ring (bicyclic) bond motifs is 2. The van der Waals surface area contributed by atoms with E-state index in [2.05, 4.69) is 24.1 Å². The third-order valence-electron chi connectivity index (χ3n) is 4.79. The van der Waals surface area contributed by atoms with Crippen molar-refractivity contribution in [3.8, 4) is 0 Å². The zero-order valence-corrected chi connectivity index (χ0v) is 12.2. The van der Waals surface area contributed by atoms with Crippen molar-refractivity contribution in [3.05, 3.63) is 22.8 Å². The molecule has 0 bridgehead atoms. The number of hydrogen-bond acceptors (Lipinski definition) is 4. The summed E-state index contributed by atoms with van der Waals surface area (Å²) in [6.45, 7) is 2.75. The molecular weight excluding hydrogens is 264 g/mol. The third-order valence-corrected chi connectivity index (χ3v) is 5.05. The molecule has 1 aliphatic carbocycles. The lowest BCUT2D eigenvalue weighted by atomic mass is 9.77. The Kier molecular flexibility index (Phi) is 3.48. The molecule has 106 valence electrons. The predicted molar refractivity (Wildman–Crippen MR) is 74.7 cm³/mol. The number of nitrogens with zero attached hydrogens (tertiary/aromatic N) is 2. The van der Waals surface area contributed by atoms with Crippen LogP contribution in [0, 0.1) is 5.41 Å². The fourth-order valence-corrected chi connectivity index (χ4v) is 4.07. The monoisotopic (exact) mass is 284 g/mol. The van der Waals surface area contributed by atoms with Gasteiger partial charge in [0, 0.05) is 43.2 Å². The molecule has 1 N–H and O–H groups in total. The van der Waals surface area contributed by atoms with Gasteiger partial charge in [0.2, 0.25) is 6.41 Å². The van der Waals surface area contributed by atoms with Gasteiger partial charge in [-0.05, 0) is 31.5 Å². The van der Waals surface area contributed by atoms with E-state index in [4.69, 9.17) is 16.3 Å². The van der Waals surface area contributed by atoms with Gasteiger partial charge in [-0.1, -0.05) is 17.7 Å². The smallest absolute Gasteiger partial charge is 0.215 e. The summed E-state index contributed by atoms with van der Waals surface area (Å²) in [6.07, 6.45) is 5.50. The molecule has 0 aromatic carbocycles. The van der Waals surface area contributed by atoms with Crippen molar-refractivity contribution in [3.63, 3.8) is 0 Å². The average molecular weight is 285 g/mol. The highest BCUT2D eigenvalue weighted by Gasteiger charge is 2.51. The van der Waals surface area contributed by atoms with E-state index >= 15 is 0 Å². The highest BCUT2D eigenvalue weighted by molar-refractivity contribution is 6.31. The van der Waals surface area contributed by atoms with Crippen LogP contribution in [-0.2, 0) is 4.74 Å². The molecule has 5 heteroatoms. The lowest BCUT2D eigenvalue weighted by molar-refractivity contribution is -0.171. The molecule has 1 spiro atoms. The summed E-state index contributed by atoms with van der Waals surface area (Å²) >= 11 is 6.20. The van der Waals surface area contributed by atoms with Crippen LogP contribution in [0.4, 0.5) is 0 Å². The quantitative estimate of drug-likeness (QED) is 0.777. The van der Waals surface area contributed by atoms with Crippen molar-refractivity contribution < 1.29 is 9.84 Å². The van der Waals surface area contributed by atoms with E-state index in [0.717, 1.165) is 37.5 Å². The van der Waals surface area contributed by atoms with E-state index in [0.29, 0.717) is 6.04 Å². The third kappa shape index (κ3) is 2.16. The van der Waals surface area contributed by atoms with Crippen LogP contribution in [0.25, 0.3) is 0 Å². The second-order valence-electron chi connectivity index (χ2n) is 5.92. The number of aliphatic hydroxyl groups excluding tert-OH is 1. The van der Waals surface area contributed by atoms with Crippen molar-refractivity contribution in [2.45, 2.75) is 25.3 Å². The summed E-state index contributed by atoms with van der Waals surface area (Å²) < 4.78 is 5.03. The summed E-state index contributed by atoms with van der Waals surface area (Å²) in [7, 11) is 3.72. The van der Waals surface area contributed by atoms with Gasteiger partial charge in [-0.25, -0.2) is 0 Å². The molecular formula is C14H21ClN2O2. The lowest BCUT2D eigenvalue weighted by Gasteiger charge is -2.29. The van der Waals surface area contributed by atoms with Crippen molar-refractivity contribution in [1.29, 1.82) is 0 Å². The van der Waals surface area contributed by atoms with E-state index < -0.39 is 6.41 Å². The first kappa shape index (κ1) is 13.6. The number of allylic oxidation sites excluding steroid dienone is 2. The minimum Gasteiger partial charge on any atom is -0.356 e. The Morgan fingerprint density at radius 1 is 1.53 bits per heavy atom. The molecule has 3 rings (SSSR count). The van der Waals surface area contributed by atoms with Crippen molar-refractivity contribution in [1.82, 2.24) is 9.80 Å². The Morgan fingerprint density at radius 2 is 2.32 bits per heavy atom. The van der Waals surface area contributed by atoms with E-state index in [9.17, 15) is 5.11 Å². The first-order valence-corrected chi connectivity index (χ1v) is 7.16. The summed E-state index contributed by atoms with van der Waals surface area (Å²) in [5.41, 5.74) is 1.57. The molecule has 19 heavy (non-hydrogen) atoms. The molecule has 0 aromatic heterocycles. The van der Waals surface area contributed by atoms with Crippen LogP contribution in [-0.4, -0.2) is 61.2 Å². The minimum atomic E-state index is -0.793. The number of likely N-dealkylation sites (tertiary alicyclic amines) is 2. The number of halogens is 1. The normalized spacial score (nSPS) is 37.4. The zero-order chi connectivity index (χ0) is 13.6. The van der Waals surface area contributed by atoms with Gasteiger partial charge in [-0.3, -0.25) is 9.80 Å². The highest BCUT2D eigenvalue weighted by Crippen LogP contribution is 2.49. The van der Waals surface area contributed by atoms with Crippen LogP contribution in [0.5, 0.6) is 0 Å². The maximum atomic E-state index is 9.85. The molecule has 2 aliphatic heterocycles. The molecule has 3 aliphatic rings. The standard InChI is InChI=1S/C14H21ClN2O2/c1-16-8-14(5-6-17(9-14)13(18)19-2)11-7-10(15)3-4-12(11)16/h3,7,12-13,18H,4-6,8-9H2,1-2H3. The first-order chi connectivity index (χ1) is 9.05. The van der Waals surface area contributed by atoms with E-state index in [1.165, 1.54) is 5.57 Å². The lowest BCUT2D eigenvalue weighted by Crippen LogP contribution is -2.37. The minimum absolute atomic E-state index is 0.132. The summed E-state index contributed by atoms with van der Waals surface area (Å²) in [5.74, 6) is 0. The average Bonchev–Trinajstić information content (AvgIpc) is 2.93.